The van der Waals surface area contributed by atoms with E-state index in [4.69, 9.17) is 14.6 Å². The first kappa shape index (κ1) is 20.1. The second-order valence-electron chi connectivity index (χ2n) is 7.98. The number of alkyl carbamates (subject to hydrolysis) is 1. The van der Waals surface area contributed by atoms with Crippen molar-refractivity contribution in [2.24, 2.45) is 0 Å². The lowest BCUT2D eigenvalue weighted by atomic mass is 9.87. The predicted octanol–water partition coefficient (Wildman–Crippen LogP) is 2.37. The van der Waals surface area contributed by atoms with Gasteiger partial charge in [-0.25, -0.2) is 14.4 Å². The second-order valence-corrected chi connectivity index (χ2v) is 7.98. The Morgan fingerprint density at radius 3 is 1.79 bits per heavy atom. The van der Waals surface area contributed by atoms with Gasteiger partial charge in [-0.3, -0.25) is 0 Å². The van der Waals surface area contributed by atoms with Gasteiger partial charge in [-0.1, -0.05) is 0 Å². The van der Waals surface area contributed by atoms with E-state index >= 15 is 0 Å². The maximum atomic E-state index is 12.7. The fourth-order valence-corrected chi connectivity index (χ4v) is 2.33. The van der Waals surface area contributed by atoms with Gasteiger partial charge in [0.15, 0.2) is 0 Å². The number of rotatable bonds is 2. The number of piperidine rings is 1. The van der Waals surface area contributed by atoms with Crippen LogP contribution in [0.25, 0.3) is 0 Å². The van der Waals surface area contributed by atoms with Crippen LogP contribution in [-0.4, -0.2) is 58.0 Å². The molecule has 0 aromatic heterocycles. The van der Waals surface area contributed by atoms with Crippen LogP contribution in [0.5, 0.6) is 0 Å². The van der Waals surface area contributed by atoms with E-state index in [1.807, 2.05) is 0 Å². The van der Waals surface area contributed by atoms with Gasteiger partial charge in [0.25, 0.3) is 0 Å². The van der Waals surface area contributed by atoms with Gasteiger partial charge in [0, 0.05) is 13.1 Å². The lowest BCUT2D eigenvalue weighted by molar-refractivity contribution is -0.165. The molecule has 0 aromatic rings. The molecular formula is C16H28N2O6. The number of carboxylic acid groups (broad SMARTS) is 1. The van der Waals surface area contributed by atoms with Gasteiger partial charge in [-0.15, -0.1) is 0 Å². The molecule has 0 saturated carbocycles. The molecule has 2 N–H and O–H groups in total. The Morgan fingerprint density at radius 1 is 0.958 bits per heavy atom. The molecule has 0 radical (unpaired) electrons. The van der Waals surface area contributed by atoms with E-state index in [9.17, 15) is 14.4 Å². The molecule has 2 amide bonds. The topological polar surface area (TPSA) is 105 Å². The van der Waals surface area contributed by atoms with Crippen LogP contribution in [0.4, 0.5) is 9.59 Å². The summed E-state index contributed by atoms with van der Waals surface area (Å²) in [5.74, 6) is -0.578. The van der Waals surface area contributed by atoms with Gasteiger partial charge in [0.05, 0.1) is 0 Å². The van der Waals surface area contributed by atoms with Crippen molar-refractivity contribution in [2.45, 2.75) is 71.1 Å². The molecule has 8 nitrogen and oxygen atoms in total. The van der Waals surface area contributed by atoms with Crippen molar-refractivity contribution < 1.29 is 29.0 Å². The van der Waals surface area contributed by atoms with Crippen molar-refractivity contribution in [3.8, 4) is 0 Å². The van der Waals surface area contributed by atoms with Crippen molar-refractivity contribution in [1.29, 1.82) is 0 Å². The largest absolute Gasteiger partial charge is 0.465 e. The SMILES string of the molecule is CC(C)(C)OC(=O)NC1(C(=O)OC(C)(C)C)CCN(C(=O)O)CC1. The number of esters is 1. The highest BCUT2D eigenvalue weighted by molar-refractivity contribution is 5.86. The Morgan fingerprint density at radius 2 is 1.42 bits per heavy atom. The molecule has 0 aliphatic carbocycles. The maximum absolute atomic E-state index is 12.7. The third-order valence-electron chi connectivity index (χ3n) is 3.42. The molecule has 8 heteroatoms. The average Bonchev–Trinajstić information content (AvgIpc) is 2.34. The number of ether oxygens (including phenoxy) is 2. The minimum Gasteiger partial charge on any atom is -0.465 e. The van der Waals surface area contributed by atoms with Crippen molar-refractivity contribution in [1.82, 2.24) is 10.2 Å². The number of nitrogens with one attached hydrogen (secondary N) is 1. The summed E-state index contributed by atoms with van der Waals surface area (Å²) in [6.07, 6.45) is -1.51. The number of carbonyl (C=O) groups is 3. The van der Waals surface area contributed by atoms with Gasteiger partial charge in [-0.05, 0) is 54.4 Å². The number of hydrogen-bond acceptors (Lipinski definition) is 5. The van der Waals surface area contributed by atoms with Crippen LogP contribution in [0, 0.1) is 0 Å². The number of nitrogens with zero attached hydrogens (tertiary/aromatic N) is 1. The van der Waals surface area contributed by atoms with Crippen LogP contribution in [0.15, 0.2) is 0 Å². The standard InChI is InChI=1S/C16H28N2O6/c1-14(2,3)23-11(19)16(17-12(20)24-15(4,5)6)7-9-18(10-8-16)13(21)22/h7-10H2,1-6H3,(H,17,20)(H,21,22). The van der Waals surface area contributed by atoms with Crippen LogP contribution < -0.4 is 5.32 Å². The molecule has 1 aliphatic rings. The molecule has 1 saturated heterocycles. The Bertz CT molecular complexity index is 496. The van der Waals surface area contributed by atoms with Gasteiger partial charge in [0.2, 0.25) is 0 Å². The van der Waals surface area contributed by atoms with E-state index in [-0.39, 0.29) is 25.9 Å². The van der Waals surface area contributed by atoms with E-state index in [0.29, 0.717) is 0 Å². The number of carbonyl (C=O) groups excluding carboxylic acids is 2. The summed E-state index contributed by atoms with van der Waals surface area (Å²) in [4.78, 5) is 37.1. The van der Waals surface area contributed by atoms with E-state index in [1.54, 1.807) is 41.5 Å². The van der Waals surface area contributed by atoms with Crippen molar-refractivity contribution in [3.63, 3.8) is 0 Å². The van der Waals surface area contributed by atoms with E-state index < -0.39 is 34.9 Å². The normalized spacial score (nSPS) is 17.8. The van der Waals surface area contributed by atoms with E-state index in [0.717, 1.165) is 0 Å². The Labute approximate surface area is 142 Å². The summed E-state index contributed by atoms with van der Waals surface area (Å²) in [7, 11) is 0. The molecular weight excluding hydrogens is 316 g/mol. The molecule has 138 valence electrons. The number of amides is 2. The van der Waals surface area contributed by atoms with Gasteiger partial charge in [0.1, 0.15) is 16.7 Å². The first-order chi connectivity index (χ1) is 10.7. The summed E-state index contributed by atoms with van der Waals surface area (Å²) < 4.78 is 10.7. The van der Waals surface area contributed by atoms with Gasteiger partial charge >= 0.3 is 18.2 Å². The predicted molar refractivity (Wildman–Crippen MR) is 86.8 cm³/mol. The zero-order chi connectivity index (χ0) is 18.8. The fraction of sp³-hybridized carbons (Fsp3) is 0.812. The molecule has 0 spiro atoms. The minimum atomic E-state index is -1.29. The number of likely N-dealkylation sites (tertiary alicyclic amines) is 1. The average molecular weight is 344 g/mol. The van der Waals surface area contributed by atoms with Crippen molar-refractivity contribution in [2.75, 3.05) is 13.1 Å². The molecule has 1 rings (SSSR count). The third-order valence-corrected chi connectivity index (χ3v) is 3.42. The first-order valence-electron chi connectivity index (χ1n) is 7.97. The minimum absolute atomic E-state index is 0.129. The Kier molecular flexibility index (Phi) is 5.74. The fourth-order valence-electron chi connectivity index (χ4n) is 2.33. The van der Waals surface area contributed by atoms with Gasteiger partial charge in [-0.2, -0.15) is 0 Å². The van der Waals surface area contributed by atoms with Crippen LogP contribution in [-0.2, 0) is 14.3 Å². The van der Waals surface area contributed by atoms with Crippen molar-refractivity contribution in [3.05, 3.63) is 0 Å². The molecule has 1 fully saturated rings. The highest BCUT2D eigenvalue weighted by atomic mass is 16.6. The Hall–Kier alpha value is -1.99. The second kappa shape index (κ2) is 6.86. The van der Waals surface area contributed by atoms with Crippen molar-refractivity contribution >= 4 is 18.2 Å². The quantitative estimate of drug-likeness (QED) is 0.745. The van der Waals surface area contributed by atoms with Crippen LogP contribution in [0.3, 0.4) is 0 Å². The summed E-state index contributed by atoms with van der Waals surface area (Å²) >= 11 is 0. The molecule has 0 unspecified atom stereocenters. The zero-order valence-corrected chi connectivity index (χ0v) is 15.3. The highest BCUT2D eigenvalue weighted by Crippen LogP contribution is 2.27. The smallest absolute Gasteiger partial charge is 0.408 e. The lowest BCUT2D eigenvalue weighted by Crippen LogP contribution is -2.62. The lowest BCUT2D eigenvalue weighted by Gasteiger charge is -2.40. The third kappa shape index (κ3) is 5.90. The first-order valence-corrected chi connectivity index (χ1v) is 7.97. The summed E-state index contributed by atoms with van der Waals surface area (Å²) in [6, 6.07) is 0. The molecule has 1 aliphatic heterocycles. The number of hydrogen-bond donors (Lipinski definition) is 2. The molecule has 0 atom stereocenters. The monoisotopic (exact) mass is 344 g/mol. The Balaban J connectivity index is 2.94. The molecule has 1 heterocycles. The molecule has 0 aromatic carbocycles. The van der Waals surface area contributed by atoms with E-state index in [1.165, 1.54) is 4.90 Å². The zero-order valence-electron chi connectivity index (χ0n) is 15.3. The summed E-state index contributed by atoms with van der Waals surface area (Å²) in [5.41, 5.74) is -2.72. The molecule has 24 heavy (non-hydrogen) atoms. The highest BCUT2D eigenvalue weighted by Gasteiger charge is 2.47. The maximum Gasteiger partial charge on any atom is 0.408 e. The summed E-state index contributed by atoms with van der Waals surface area (Å²) in [6.45, 7) is 10.6. The van der Waals surface area contributed by atoms with Gasteiger partial charge < -0.3 is 24.8 Å². The van der Waals surface area contributed by atoms with E-state index in [2.05, 4.69) is 5.32 Å². The van der Waals surface area contributed by atoms with Crippen LogP contribution >= 0.6 is 0 Å². The van der Waals surface area contributed by atoms with Crippen LogP contribution in [0.1, 0.15) is 54.4 Å². The van der Waals surface area contributed by atoms with Crippen LogP contribution in [0.2, 0.25) is 0 Å². The molecule has 0 bridgehead atoms. The summed E-state index contributed by atoms with van der Waals surface area (Å²) in [5, 5.41) is 11.7.